The number of ether oxygens (including phenoxy) is 2. The van der Waals surface area contributed by atoms with Crippen molar-refractivity contribution in [1.29, 1.82) is 0 Å². The topological polar surface area (TPSA) is 62.3 Å². The quantitative estimate of drug-likeness (QED) is 0.466. The Bertz CT molecular complexity index is 764. The number of methoxy groups -OCH3 is 2. The molecule has 1 aromatic rings. The van der Waals surface area contributed by atoms with Gasteiger partial charge in [0.05, 0.1) is 13.7 Å². The predicted octanol–water partition coefficient (Wildman–Crippen LogP) is 3.38. The highest BCUT2D eigenvalue weighted by atomic mass is 16.5. The number of urea groups is 1. The number of carbonyl (C=O) groups excluding carboxylic acids is 2. The summed E-state index contributed by atoms with van der Waals surface area (Å²) in [5, 5.41) is 0. The number of amides is 3. The minimum absolute atomic E-state index is 0.0545. The molecule has 2 saturated heterocycles. The summed E-state index contributed by atoms with van der Waals surface area (Å²) in [6.45, 7) is 10.7. The van der Waals surface area contributed by atoms with E-state index in [-0.39, 0.29) is 23.9 Å². The second-order valence-electron chi connectivity index (χ2n) is 9.89. The molecule has 0 atom stereocenters. The van der Waals surface area contributed by atoms with Gasteiger partial charge in [-0.25, -0.2) is 4.79 Å². The fourth-order valence-electron chi connectivity index (χ4n) is 4.75. The summed E-state index contributed by atoms with van der Waals surface area (Å²) in [6, 6.07) is 7.35. The van der Waals surface area contributed by atoms with E-state index in [1.165, 1.54) is 4.90 Å². The van der Waals surface area contributed by atoms with Crippen molar-refractivity contribution in [1.82, 2.24) is 14.7 Å². The molecule has 2 fully saturated rings. The summed E-state index contributed by atoms with van der Waals surface area (Å²) in [6.07, 6.45) is 2.08. The van der Waals surface area contributed by atoms with Gasteiger partial charge < -0.3 is 19.3 Å². The third kappa shape index (κ3) is 5.21. The van der Waals surface area contributed by atoms with E-state index < -0.39 is 5.54 Å². The van der Waals surface area contributed by atoms with Gasteiger partial charge >= 0.3 is 6.03 Å². The maximum atomic E-state index is 13.6. The van der Waals surface area contributed by atoms with E-state index in [2.05, 4.69) is 25.7 Å². The van der Waals surface area contributed by atoms with Crippen LogP contribution in [0.2, 0.25) is 0 Å². The van der Waals surface area contributed by atoms with E-state index in [1.54, 1.807) is 14.2 Å². The van der Waals surface area contributed by atoms with Gasteiger partial charge in [-0.15, -0.1) is 0 Å². The molecule has 2 heterocycles. The number of carbonyl (C=O) groups is 2. The zero-order chi connectivity index (χ0) is 22.6. The number of rotatable bonds is 8. The lowest BCUT2D eigenvalue weighted by atomic mass is 9.84. The van der Waals surface area contributed by atoms with Gasteiger partial charge in [-0.05, 0) is 42.4 Å². The summed E-state index contributed by atoms with van der Waals surface area (Å²) < 4.78 is 10.4. The average Bonchev–Trinajstić information content (AvgIpc) is 2.91. The Hall–Kier alpha value is -2.12. The largest absolute Gasteiger partial charge is 0.497 e. The zero-order valence-electron chi connectivity index (χ0n) is 19.6. The molecule has 0 N–H and O–H groups in total. The lowest BCUT2D eigenvalue weighted by Crippen LogP contribution is -2.57. The van der Waals surface area contributed by atoms with Crippen molar-refractivity contribution in [2.45, 2.75) is 52.1 Å². The van der Waals surface area contributed by atoms with Crippen LogP contribution in [0.3, 0.4) is 0 Å². The molecule has 172 valence electrons. The maximum absolute atomic E-state index is 13.6. The van der Waals surface area contributed by atoms with Gasteiger partial charge in [-0.2, -0.15) is 0 Å². The molecule has 0 radical (unpaired) electrons. The van der Waals surface area contributed by atoms with Crippen LogP contribution in [0.4, 0.5) is 4.79 Å². The Morgan fingerprint density at radius 2 is 1.68 bits per heavy atom. The van der Waals surface area contributed by atoms with Gasteiger partial charge in [0, 0.05) is 39.9 Å². The Morgan fingerprint density at radius 3 is 2.23 bits per heavy atom. The first-order valence-electron chi connectivity index (χ1n) is 11.2. The van der Waals surface area contributed by atoms with Crippen molar-refractivity contribution >= 4 is 11.9 Å². The molecule has 1 spiro atoms. The molecule has 0 bridgehead atoms. The van der Waals surface area contributed by atoms with E-state index in [1.807, 2.05) is 29.2 Å². The first-order valence-corrected chi connectivity index (χ1v) is 11.2. The standard InChI is InChI=1S/C24H37N3O4/c1-23(2,3)18-25-14-11-24(12-15-25)21(28)26(22(29)27(24)13-6-16-30-4)17-19-7-9-20(31-5)10-8-19/h7-10H,6,11-18H2,1-5H3. The molecular weight excluding hydrogens is 394 g/mol. The monoisotopic (exact) mass is 431 g/mol. The van der Waals surface area contributed by atoms with Crippen LogP contribution in [0, 0.1) is 5.41 Å². The third-order valence-electron chi connectivity index (χ3n) is 6.23. The third-order valence-corrected chi connectivity index (χ3v) is 6.23. The second kappa shape index (κ2) is 9.57. The van der Waals surface area contributed by atoms with Crippen molar-refractivity contribution in [3.63, 3.8) is 0 Å². The molecule has 7 heteroatoms. The normalized spacial score (nSPS) is 19.5. The molecule has 1 aromatic carbocycles. The Morgan fingerprint density at radius 1 is 1.03 bits per heavy atom. The number of likely N-dealkylation sites (tertiary alicyclic amines) is 1. The van der Waals surface area contributed by atoms with Crippen LogP contribution >= 0.6 is 0 Å². The molecule has 0 aromatic heterocycles. The minimum atomic E-state index is -0.730. The van der Waals surface area contributed by atoms with E-state index in [0.29, 0.717) is 26.0 Å². The number of piperidine rings is 1. The molecule has 3 amide bonds. The first kappa shape index (κ1) is 23.5. The molecule has 0 saturated carbocycles. The Labute approximate surface area is 186 Å². The SMILES string of the molecule is COCCCN1C(=O)N(Cc2ccc(OC)cc2)C(=O)C12CCN(CC(C)(C)C)CC2. The van der Waals surface area contributed by atoms with Crippen molar-refractivity contribution in [3.05, 3.63) is 29.8 Å². The average molecular weight is 432 g/mol. The Kier molecular flexibility index (Phi) is 7.27. The number of hydrogen-bond donors (Lipinski definition) is 0. The van der Waals surface area contributed by atoms with Crippen LogP contribution < -0.4 is 4.74 Å². The summed E-state index contributed by atoms with van der Waals surface area (Å²) in [5.74, 6) is 0.702. The van der Waals surface area contributed by atoms with Crippen LogP contribution in [-0.2, 0) is 16.1 Å². The lowest BCUT2D eigenvalue weighted by Gasteiger charge is -2.43. The maximum Gasteiger partial charge on any atom is 0.327 e. The summed E-state index contributed by atoms with van der Waals surface area (Å²) in [7, 11) is 3.28. The highest BCUT2D eigenvalue weighted by molar-refractivity contribution is 6.07. The fourth-order valence-corrected chi connectivity index (χ4v) is 4.75. The van der Waals surface area contributed by atoms with Crippen LogP contribution in [0.25, 0.3) is 0 Å². The number of benzene rings is 1. The molecule has 0 aliphatic carbocycles. The molecule has 7 nitrogen and oxygen atoms in total. The summed E-state index contributed by atoms with van der Waals surface area (Å²) in [5.41, 5.74) is 0.395. The number of nitrogens with zero attached hydrogens (tertiary/aromatic N) is 3. The second-order valence-corrected chi connectivity index (χ2v) is 9.89. The molecule has 31 heavy (non-hydrogen) atoms. The van der Waals surface area contributed by atoms with Gasteiger partial charge in [0.2, 0.25) is 0 Å². The van der Waals surface area contributed by atoms with Crippen LogP contribution in [-0.4, -0.2) is 79.2 Å². The molecule has 2 aliphatic rings. The molecular formula is C24H37N3O4. The molecule has 3 rings (SSSR count). The highest BCUT2D eigenvalue weighted by Crippen LogP contribution is 2.38. The van der Waals surface area contributed by atoms with E-state index in [4.69, 9.17) is 9.47 Å². The van der Waals surface area contributed by atoms with Gasteiger partial charge in [-0.3, -0.25) is 9.69 Å². The fraction of sp³-hybridized carbons (Fsp3) is 0.667. The van der Waals surface area contributed by atoms with Gasteiger partial charge in [0.25, 0.3) is 5.91 Å². The summed E-state index contributed by atoms with van der Waals surface area (Å²) in [4.78, 5) is 32.7. The van der Waals surface area contributed by atoms with Crippen LogP contribution in [0.15, 0.2) is 24.3 Å². The highest BCUT2D eigenvalue weighted by Gasteiger charge is 2.57. The zero-order valence-corrected chi connectivity index (χ0v) is 19.6. The van der Waals surface area contributed by atoms with Gasteiger partial charge in [-0.1, -0.05) is 32.9 Å². The first-order chi connectivity index (χ1) is 14.7. The Balaban J connectivity index is 1.78. The number of hydrogen-bond acceptors (Lipinski definition) is 5. The lowest BCUT2D eigenvalue weighted by molar-refractivity contribution is -0.136. The van der Waals surface area contributed by atoms with Gasteiger partial charge in [0.15, 0.2) is 0 Å². The van der Waals surface area contributed by atoms with Crippen molar-refractivity contribution in [3.8, 4) is 5.75 Å². The van der Waals surface area contributed by atoms with Crippen molar-refractivity contribution in [2.24, 2.45) is 5.41 Å². The molecule has 2 aliphatic heterocycles. The number of imide groups is 1. The van der Waals surface area contributed by atoms with Crippen molar-refractivity contribution < 1.29 is 19.1 Å². The minimum Gasteiger partial charge on any atom is -0.497 e. The molecule has 0 unspecified atom stereocenters. The summed E-state index contributed by atoms with van der Waals surface area (Å²) >= 11 is 0. The van der Waals surface area contributed by atoms with Gasteiger partial charge in [0.1, 0.15) is 11.3 Å². The van der Waals surface area contributed by atoms with Crippen molar-refractivity contribution in [2.75, 3.05) is 47.0 Å². The van der Waals surface area contributed by atoms with E-state index >= 15 is 0 Å². The van der Waals surface area contributed by atoms with Crippen LogP contribution in [0.1, 0.15) is 45.6 Å². The smallest absolute Gasteiger partial charge is 0.327 e. The van der Waals surface area contributed by atoms with E-state index in [0.717, 1.165) is 37.4 Å². The van der Waals surface area contributed by atoms with Crippen LogP contribution in [0.5, 0.6) is 5.75 Å². The van der Waals surface area contributed by atoms with E-state index in [9.17, 15) is 9.59 Å². The predicted molar refractivity (Wildman–Crippen MR) is 120 cm³/mol.